The first kappa shape index (κ1) is 16.3. The second kappa shape index (κ2) is 6.38. The Hall–Kier alpha value is -2.04. The summed E-state index contributed by atoms with van der Waals surface area (Å²) in [7, 11) is 0. The van der Waals surface area contributed by atoms with Crippen LogP contribution in [-0.4, -0.2) is 34.7 Å². The van der Waals surface area contributed by atoms with Crippen LogP contribution in [0.25, 0.3) is 5.76 Å². The third-order valence-corrected chi connectivity index (χ3v) is 3.30. The van der Waals surface area contributed by atoms with Gasteiger partial charge in [-0.1, -0.05) is 12.6 Å². The second-order valence-electron chi connectivity index (χ2n) is 6.31. The van der Waals surface area contributed by atoms with Gasteiger partial charge in [0.05, 0.1) is 13.2 Å². The van der Waals surface area contributed by atoms with Crippen LogP contribution in [0.3, 0.4) is 0 Å². The molecular weight excluding hydrogens is 280 g/mol. The normalized spacial score (nSPS) is 14.3. The average molecular weight is 304 g/mol. The number of ether oxygens (including phenoxy) is 2. The van der Waals surface area contributed by atoms with Gasteiger partial charge in [-0.3, -0.25) is 0 Å². The largest absolute Gasteiger partial charge is 0.492 e. The van der Waals surface area contributed by atoms with Crippen LogP contribution in [0.15, 0.2) is 18.7 Å². The fraction of sp³-hybridized carbons (Fsp3) is 0.529. The van der Waals surface area contributed by atoms with Gasteiger partial charge in [-0.25, -0.2) is 9.78 Å². The molecule has 0 saturated heterocycles. The van der Waals surface area contributed by atoms with Crippen LogP contribution in [0.5, 0.6) is 0 Å². The summed E-state index contributed by atoms with van der Waals surface area (Å²) in [6.07, 6.45) is 0.433. The van der Waals surface area contributed by atoms with Crippen molar-refractivity contribution in [3.63, 3.8) is 0 Å². The van der Waals surface area contributed by atoms with Crippen molar-refractivity contribution in [1.82, 2.24) is 9.88 Å². The van der Waals surface area contributed by atoms with Crippen molar-refractivity contribution in [2.24, 2.45) is 0 Å². The van der Waals surface area contributed by atoms with Gasteiger partial charge in [-0.05, 0) is 39.3 Å². The number of hydrogen-bond donors (Lipinski definition) is 0. The number of nitrogens with zero attached hydrogens (tertiary/aromatic N) is 2. The van der Waals surface area contributed by atoms with Crippen LogP contribution in [0.4, 0.5) is 4.79 Å². The minimum Gasteiger partial charge on any atom is -0.492 e. The standard InChI is InChI=1S/C17H24N2O3/c1-6-21-12(2)14-8-7-13-11-19(10-9-15(13)18-14)16(20)22-17(3,4)5/h7-8H,2,6,9-11H2,1,3-5H3. The van der Waals surface area contributed by atoms with Gasteiger partial charge >= 0.3 is 6.09 Å². The lowest BCUT2D eigenvalue weighted by molar-refractivity contribution is 0.0222. The highest BCUT2D eigenvalue weighted by atomic mass is 16.6. The number of rotatable bonds is 3. The lowest BCUT2D eigenvalue weighted by atomic mass is 10.1. The maximum Gasteiger partial charge on any atom is 0.410 e. The molecule has 0 N–H and O–H groups in total. The van der Waals surface area contributed by atoms with E-state index in [0.717, 1.165) is 17.0 Å². The Bertz CT molecular complexity index is 576. The molecule has 1 aliphatic rings. The zero-order valence-corrected chi connectivity index (χ0v) is 13.8. The van der Waals surface area contributed by atoms with E-state index in [-0.39, 0.29) is 6.09 Å². The molecule has 1 aliphatic heterocycles. The van der Waals surface area contributed by atoms with Crippen LogP contribution in [0.1, 0.15) is 44.6 Å². The van der Waals surface area contributed by atoms with Gasteiger partial charge in [-0.15, -0.1) is 0 Å². The summed E-state index contributed by atoms with van der Waals surface area (Å²) < 4.78 is 10.8. The van der Waals surface area contributed by atoms with E-state index in [1.165, 1.54) is 0 Å². The van der Waals surface area contributed by atoms with E-state index >= 15 is 0 Å². The molecule has 2 rings (SSSR count). The van der Waals surface area contributed by atoms with Crippen molar-refractivity contribution in [3.05, 3.63) is 35.7 Å². The Morgan fingerprint density at radius 1 is 1.41 bits per heavy atom. The van der Waals surface area contributed by atoms with Crippen LogP contribution in [0.2, 0.25) is 0 Å². The van der Waals surface area contributed by atoms with Crippen molar-refractivity contribution in [3.8, 4) is 0 Å². The van der Waals surface area contributed by atoms with E-state index in [9.17, 15) is 4.79 Å². The second-order valence-corrected chi connectivity index (χ2v) is 6.31. The first-order valence-corrected chi connectivity index (χ1v) is 7.59. The molecule has 0 saturated carbocycles. The monoisotopic (exact) mass is 304 g/mol. The lowest BCUT2D eigenvalue weighted by Gasteiger charge is -2.31. The molecule has 0 radical (unpaired) electrons. The molecule has 1 amide bonds. The van der Waals surface area contributed by atoms with E-state index in [1.807, 2.05) is 39.8 Å². The molecule has 0 bridgehead atoms. The molecule has 120 valence electrons. The average Bonchev–Trinajstić information content (AvgIpc) is 2.44. The van der Waals surface area contributed by atoms with Crippen LogP contribution in [0, 0.1) is 0 Å². The number of pyridine rings is 1. The maximum absolute atomic E-state index is 12.1. The van der Waals surface area contributed by atoms with E-state index < -0.39 is 5.60 Å². The Morgan fingerprint density at radius 3 is 2.77 bits per heavy atom. The zero-order valence-electron chi connectivity index (χ0n) is 13.8. The van der Waals surface area contributed by atoms with Crippen molar-refractivity contribution >= 4 is 11.9 Å². The highest BCUT2D eigenvalue weighted by Gasteiger charge is 2.26. The SMILES string of the molecule is C=C(OCC)c1ccc2c(n1)CCN(C(=O)OC(C)(C)C)C2. The first-order chi connectivity index (χ1) is 10.3. The summed E-state index contributed by atoms with van der Waals surface area (Å²) in [5.41, 5.74) is 2.32. The molecule has 0 atom stereocenters. The molecule has 0 fully saturated rings. The Kier molecular flexibility index (Phi) is 4.74. The first-order valence-electron chi connectivity index (χ1n) is 7.59. The number of fused-ring (bicyclic) bond motifs is 1. The zero-order chi connectivity index (χ0) is 16.3. The molecule has 22 heavy (non-hydrogen) atoms. The molecule has 0 aromatic carbocycles. The third-order valence-electron chi connectivity index (χ3n) is 3.30. The van der Waals surface area contributed by atoms with Gasteiger partial charge in [-0.2, -0.15) is 0 Å². The Morgan fingerprint density at radius 2 is 2.14 bits per heavy atom. The predicted molar refractivity (Wildman–Crippen MR) is 85.2 cm³/mol. The molecule has 0 unspecified atom stereocenters. The highest BCUT2D eigenvalue weighted by Crippen LogP contribution is 2.22. The molecule has 0 aliphatic carbocycles. The third kappa shape index (κ3) is 4.00. The number of aromatic nitrogens is 1. The lowest BCUT2D eigenvalue weighted by Crippen LogP contribution is -2.40. The molecule has 2 heterocycles. The van der Waals surface area contributed by atoms with Gasteiger partial charge in [0, 0.05) is 18.7 Å². The van der Waals surface area contributed by atoms with Gasteiger partial charge in [0.25, 0.3) is 0 Å². The summed E-state index contributed by atoms with van der Waals surface area (Å²) in [5.74, 6) is 0.583. The summed E-state index contributed by atoms with van der Waals surface area (Å²) in [5, 5.41) is 0. The summed E-state index contributed by atoms with van der Waals surface area (Å²) in [4.78, 5) is 18.4. The topological polar surface area (TPSA) is 51.7 Å². The summed E-state index contributed by atoms with van der Waals surface area (Å²) in [6.45, 7) is 13.1. The fourth-order valence-electron chi connectivity index (χ4n) is 2.30. The van der Waals surface area contributed by atoms with Crippen molar-refractivity contribution in [1.29, 1.82) is 0 Å². The predicted octanol–water partition coefficient (Wildman–Crippen LogP) is 3.38. The maximum atomic E-state index is 12.1. The molecule has 1 aromatic heterocycles. The summed E-state index contributed by atoms with van der Waals surface area (Å²) >= 11 is 0. The highest BCUT2D eigenvalue weighted by molar-refractivity contribution is 5.68. The number of amides is 1. The van der Waals surface area contributed by atoms with Crippen LogP contribution in [-0.2, 0) is 22.4 Å². The fourth-order valence-corrected chi connectivity index (χ4v) is 2.30. The quantitative estimate of drug-likeness (QED) is 0.803. The number of carbonyl (C=O) groups excluding carboxylic acids is 1. The minimum absolute atomic E-state index is 0.277. The van der Waals surface area contributed by atoms with E-state index in [4.69, 9.17) is 9.47 Å². The van der Waals surface area contributed by atoms with E-state index in [1.54, 1.807) is 4.90 Å². The van der Waals surface area contributed by atoms with Crippen molar-refractivity contribution in [2.45, 2.75) is 46.3 Å². The molecule has 1 aromatic rings. The van der Waals surface area contributed by atoms with Crippen LogP contribution < -0.4 is 0 Å². The Labute approximate surface area is 131 Å². The van der Waals surface area contributed by atoms with Gasteiger partial charge in [0.15, 0.2) is 0 Å². The minimum atomic E-state index is -0.477. The number of hydrogen-bond acceptors (Lipinski definition) is 4. The van der Waals surface area contributed by atoms with Gasteiger partial charge < -0.3 is 14.4 Å². The van der Waals surface area contributed by atoms with E-state index in [2.05, 4.69) is 11.6 Å². The van der Waals surface area contributed by atoms with Crippen molar-refractivity contribution in [2.75, 3.05) is 13.2 Å². The van der Waals surface area contributed by atoms with Crippen molar-refractivity contribution < 1.29 is 14.3 Å². The molecular formula is C17H24N2O3. The molecule has 0 spiro atoms. The Balaban J connectivity index is 2.09. The smallest absolute Gasteiger partial charge is 0.410 e. The summed E-state index contributed by atoms with van der Waals surface area (Å²) in [6, 6.07) is 3.87. The molecule has 5 heteroatoms. The number of carbonyl (C=O) groups is 1. The van der Waals surface area contributed by atoms with Gasteiger partial charge in [0.1, 0.15) is 17.1 Å². The van der Waals surface area contributed by atoms with Crippen LogP contribution >= 0.6 is 0 Å². The van der Waals surface area contributed by atoms with Gasteiger partial charge in [0.2, 0.25) is 0 Å². The molecule has 5 nitrogen and oxygen atoms in total. The van der Waals surface area contributed by atoms with E-state index in [0.29, 0.717) is 31.9 Å².